The van der Waals surface area contributed by atoms with Gasteiger partial charge in [0.1, 0.15) is 34.0 Å². The Kier molecular flexibility index (Phi) is 9.39. The summed E-state index contributed by atoms with van der Waals surface area (Å²) in [6.07, 6.45) is -3.34. The Bertz CT molecular complexity index is 543. The number of hydrogen-bond acceptors (Lipinski definition) is 8. The summed E-state index contributed by atoms with van der Waals surface area (Å²) in [4.78, 5) is 10.3. The van der Waals surface area contributed by atoms with Crippen molar-refractivity contribution >= 4 is 33.9 Å². The van der Waals surface area contributed by atoms with Crippen molar-refractivity contribution in [2.45, 2.75) is 88.9 Å². The normalized spacial score (nSPS) is 38.4. The zero-order valence-corrected chi connectivity index (χ0v) is 18.4. The molecule has 8 unspecified atom stereocenters. The van der Waals surface area contributed by atoms with E-state index in [9.17, 15) is 14.6 Å². The van der Waals surface area contributed by atoms with Gasteiger partial charge < -0.3 is 28.9 Å². The molecule has 0 saturated carbocycles. The molecule has 2 fully saturated rings. The fourth-order valence-electron chi connectivity index (χ4n) is 3.06. The Labute approximate surface area is 173 Å². The van der Waals surface area contributed by atoms with E-state index in [1.165, 1.54) is 0 Å². The first-order chi connectivity index (χ1) is 13.0. The van der Waals surface area contributed by atoms with E-state index in [1.54, 1.807) is 0 Å². The van der Waals surface area contributed by atoms with E-state index in [1.807, 2.05) is 27.7 Å². The van der Waals surface area contributed by atoms with E-state index in [2.05, 4.69) is 0 Å². The molecule has 2 heterocycles. The van der Waals surface area contributed by atoms with Crippen LogP contribution in [0.3, 0.4) is 0 Å². The lowest BCUT2D eigenvalue weighted by molar-refractivity contribution is -0.0433. The van der Waals surface area contributed by atoms with Gasteiger partial charge in [0, 0.05) is 17.8 Å². The van der Waals surface area contributed by atoms with E-state index in [4.69, 9.17) is 39.2 Å². The Hall–Kier alpha value is 0.430. The summed E-state index contributed by atoms with van der Waals surface area (Å²) in [5.41, 5.74) is 0. The van der Waals surface area contributed by atoms with Crippen LogP contribution in [0.1, 0.15) is 34.1 Å². The third-order valence-electron chi connectivity index (χ3n) is 4.30. The molecule has 0 spiro atoms. The van der Waals surface area contributed by atoms with Crippen LogP contribution in [-0.2, 0) is 28.0 Å². The van der Waals surface area contributed by atoms with Gasteiger partial charge in [-0.15, -0.1) is 0 Å². The molecule has 4 radical (unpaired) electrons. The standard InChI is InChI=1S/C16H29B2O8PS/c1-8(2)22-6-11-15(14(19)16(18)25-11)26-27(20,21)28-7-12-10(23-9(3)4)5-13(17)24-12/h8-16,19H,5-7H2,1-4H3,(H,20,21). The molecule has 158 valence electrons. The molecule has 8 nitrogen and oxygen atoms in total. The lowest BCUT2D eigenvalue weighted by Crippen LogP contribution is -2.37. The highest BCUT2D eigenvalue weighted by Crippen LogP contribution is 2.58. The number of rotatable bonds is 10. The van der Waals surface area contributed by atoms with Crippen LogP contribution in [0.15, 0.2) is 0 Å². The van der Waals surface area contributed by atoms with Gasteiger partial charge in [0.2, 0.25) is 0 Å². The van der Waals surface area contributed by atoms with Crippen molar-refractivity contribution in [3.05, 3.63) is 0 Å². The minimum atomic E-state index is -4.13. The smallest absolute Gasteiger partial charge is 0.387 e. The SMILES string of the molecule is [B]C1CC(OC(C)C)C(CSP(=O)(O)OC2C(COC(C)C)OC([B])C2O)O1. The van der Waals surface area contributed by atoms with Gasteiger partial charge in [-0.1, -0.05) is 0 Å². The van der Waals surface area contributed by atoms with Crippen LogP contribution in [-0.4, -0.2) is 92.8 Å². The minimum Gasteiger partial charge on any atom is -0.388 e. The third kappa shape index (κ3) is 7.29. The van der Waals surface area contributed by atoms with Crippen LogP contribution in [0.25, 0.3) is 0 Å². The second kappa shape index (κ2) is 10.6. The van der Waals surface area contributed by atoms with Crippen molar-refractivity contribution in [3.8, 4) is 0 Å². The highest BCUT2D eigenvalue weighted by atomic mass is 32.7. The summed E-state index contributed by atoms with van der Waals surface area (Å²) in [5.74, 6) is 0.155. The van der Waals surface area contributed by atoms with E-state index in [-0.39, 0.29) is 30.7 Å². The maximum Gasteiger partial charge on any atom is 0.387 e. The molecular formula is C16H29B2O8PS. The third-order valence-corrected chi connectivity index (χ3v) is 7.30. The Morgan fingerprint density at radius 1 is 1.18 bits per heavy atom. The van der Waals surface area contributed by atoms with Crippen LogP contribution < -0.4 is 0 Å². The molecule has 2 N–H and O–H groups in total. The molecule has 0 aromatic carbocycles. The molecule has 0 bridgehead atoms. The van der Waals surface area contributed by atoms with Crippen molar-refractivity contribution < 1.29 is 38.0 Å². The topological polar surface area (TPSA) is 104 Å². The molecule has 28 heavy (non-hydrogen) atoms. The molecule has 12 heteroatoms. The molecule has 2 aliphatic rings. The van der Waals surface area contributed by atoms with Crippen molar-refractivity contribution in [1.29, 1.82) is 0 Å². The van der Waals surface area contributed by atoms with Gasteiger partial charge >= 0.3 is 6.80 Å². The Morgan fingerprint density at radius 2 is 1.86 bits per heavy atom. The second-order valence-corrected chi connectivity index (χ2v) is 11.4. The van der Waals surface area contributed by atoms with Crippen LogP contribution in [0, 0.1) is 0 Å². The Balaban J connectivity index is 1.93. The number of hydrogen-bond donors (Lipinski definition) is 2. The summed E-state index contributed by atoms with van der Waals surface area (Å²) in [6, 6.07) is -1.50. The van der Waals surface area contributed by atoms with Gasteiger partial charge in [-0.3, -0.25) is 4.52 Å². The zero-order valence-electron chi connectivity index (χ0n) is 16.7. The average molecular weight is 434 g/mol. The van der Waals surface area contributed by atoms with E-state index in [0.717, 1.165) is 0 Å². The maximum atomic E-state index is 12.6. The fraction of sp³-hybridized carbons (Fsp3) is 1.00. The summed E-state index contributed by atoms with van der Waals surface area (Å²) in [7, 11) is 11.5. The predicted molar refractivity (Wildman–Crippen MR) is 108 cm³/mol. The quantitative estimate of drug-likeness (QED) is 0.385. The van der Waals surface area contributed by atoms with Crippen LogP contribution in [0.2, 0.25) is 0 Å². The second-order valence-electron chi connectivity index (χ2n) is 7.52. The molecule has 2 saturated heterocycles. The van der Waals surface area contributed by atoms with Gasteiger partial charge in [-0.2, -0.15) is 0 Å². The molecule has 2 rings (SSSR count). The van der Waals surface area contributed by atoms with Crippen molar-refractivity contribution in [3.63, 3.8) is 0 Å². The monoisotopic (exact) mass is 434 g/mol. The molecule has 0 amide bonds. The zero-order chi connectivity index (χ0) is 21.1. The summed E-state index contributed by atoms with van der Waals surface area (Å²) in [6.45, 7) is 3.44. The summed E-state index contributed by atoms with van der Waals surface area (Å²) in [5, 5.41) is 10.2. The van der Waals surface area contributed by atoms with Gasteiger partial charge in [0.15, 0.2) is 0 Å². The number of ether oxygens (including phenoxy) is 4. The number of aliphatic hydroxyl groups excluding tert-OH is 1. The predicted octanol–water partition coefficient (Wildman–Crippen LogP) is 0.962. The molecule has 8 atom stereocenters. The van der Waals surface area contributed by atoms with Gasteiger partial charge in [0.25, 0.3) is 0 Å². The summed E-state index contributed by atoms with van der Waals surface area (Å²) >= 11 is 0.705. The van der Waals surface area contributed by atoms with E-state index < -0.39 is 43.2 Å². The molecular weight excluding hydrogens is 405 g/mol. The molecule has 0 aliphatic carbocycles. The van der Waals surface area contributed by atoms with Gasteiger partial charge in [-0.05, 0) is 45.5 Å². The largest absolute Gasteiger partial charge is 0.388 e. The molecule has 2 aliphatic heterocycles. The first-order valence-electron chi connectivity index (χ1n) is 9.41. The first kappa shape index (κ1) is 24.7. The van der Waals surface area contributed by atoms with Crippen LogP contribution >= 0.6 is 18.2 Å². The molecule has 0 aromatic heterocycles. The fourth-order valence-corrected chi connectivity index (χ4v) is 5.80. The highest BCUT2D eigenvalue weighted by molar-refractivity contribution is 8.54. The van der Waals surface area contributed by atoms with Crippen LogP contribution in [0.5, 0.6) is 0 Å². The highest BCUT2D eigenvalue weighted by Gasteiger charge is 2.46. The van der Waals surface area contributed by atoms with E-state index >= 15 is 0 Å². The van der Waals surface area contributed by atoms with Gasteiger partial charge in [-0.25, -0.2) is 4.57 Å². The van der Waals surface area contributed by atoms with Crippen molar-refractivity contribution in [1.82, 2.24) is 0 Å². The maximum absolute atomic E-state index is 12.6. The lowest BCUT2D eigenvalue weighted by Gasteiger charge is -2.25. The van der Waals surface area contributed by atoms with Gasteiger partial charge in [0.05, 0.1) is 31.0 Å². The first-order valence-corrected chi connectivity index (χ1v) is 12.6. The summed E-state index contributed by atoms with van der Waals surface area (Å²) < 4.78 is 40.2. The number of aliphatic hydroxyl groups is 1. The van der Waals surface area contributed by atoms with Crippen LogP contribution in [0.4, 0.5) is 0 Å². The van der Waals surface area contributed by atoms with Crippen molar-refractivity contribution in [2.75, 3.05) is 12.4 Å². The molecule has 0 aromatic rings. The van der Waals surface area contributed by atoms with E-state index in [0.29, 0.717) is 17.8 Å². The average Bonchev–Trinajstić information content (AvgIpc) is 3.04. The minimum absolute atomic E-state index is 0.0161. The Morgan fingerprint density at radius 3 is 2.46 bits per heavy atom. The van der Waals surface area contributed by atoms with Crippen molar-refractivity contribution in [2.24, 2.45) is 0 Å². The lowest BCUT2D eigenvalue weighted by atomic mass is 9.93.